The Morgan fingerprint density at radius 1 is 1.04 bits per heavy atom. The van der Waals surface area contributed by atoms with E-state index in [0.717, 1.165) is 6.42 Å². The van der Waals surface area contributed by atoms with Crippen molar-refractivity contribution in [2.45, 2.75) is 13.0 Å². The minimum Gasteiger partial charge on any atom is -0.337 e. The molecule has 0 fully saturated rings. The lowest BCUT2D eigenvalue weighted by Crippen LogP contribution is -2.39. The highest BCUT2D eigenvalue weighted by Gasteiger charge is 2.19. The van der Waals surface area contributed by atoms with Crippen LogP contribution < -0.4 is 5.56 Å². The van der Waals surface area contributed by atoms with Crippen LogP contribution in [0.15, 0.2) is 71.7 Å². The summed E-state index contributed by atoms with van der Waals surface area (Å²) in [6.07, 6.45) is 4.20. The van der Waals surface area contributed by atoms with Crippen LogP contribution in [0.5, 0.6) is 0 Å². The first-order valence-electron chi connectivity index (χ1n) is 8.69. The molecule has 5 heteroatoms. The van der Waals surface area contributed by atoms with Gasteiger partial charge in [0, 0.05) is 13.1 Å². The van der Waals surface area contributed by atoms with E-state index < -0.39 is 0 Å². The first kappa shape index (κ1) is 16.3. The molecule has 130 valence electrons. The number of fused-ring (bicyclic) bond motifs is 1. The van der Waals surface area contributed by atoms with E-state index >= 15 is 0 Å². The molecule has 26 heavy (non-hydrogen) atoms. The van der Waals surface area contributed by atoms with Crippen LogP contribution in [-0.4, -0.2) is 33.4 Å². The highest BCUT2D eigenvalue weighted by atomic mass is 16.2. The molecule has 3 aromatic rings. The lowest BCUT2D eigenvalue weighted by molar-refractivity contribution is -0.131. The van der Waals surface area contributed by atoms with Crippen molar-refractivity contribution in [3.8, 4) is 0 Å². The third-order valence-electron chi connectivity index (χ3n) is 4.75. The predicted octanol–water partition coefficient (Wildman–Crippen LogP) is 2.71. The number of amides is 1. The Bertz CT molecular complexity index is 1040. The maximum atomic E-state index is 12.7. The second-order valence-corrected chi connectivity index (χ2v) is 6.36. The first-order valence-corrected chi connectivity index (χ1v) is 8.69. The van der Waals surface area contributed by atoms with Gasteiger partial charge in [-0.2, -0.15) is 0 Å². The number of rotatable bonds is 3. The molecule has 1 aliphatic rings. The molecule has 1 amide bonds. The van der Waals surface area contributed by atoms with Crippen molar-refractivity contribution in [1.82, 2.24) is 14.5 Å². The maximum absolute atomic E-state index is 12.7. The van der Waals surface area contributed by atoms with E-state index in [2.05, 4.69) is 23.2 Å². The Morgan fingerprint density at radius 3 is 2.58 bits per heavy atom. The van der Waals surface area contributed by atoms with Gasteiger partial charge in [-0.05, 0) is 29.7 Å². The molecule has 1 aliphatic heterocycles. The van der Waals surface area contributed by atoms with Crippen LogP contribution in [0.1, 0.15) is 12.0 Å². The lowest BCUT2D eigenvalue weighted by atomic mass is 9.99. The number of carbonyl (C=O) groups is 1. The molecule has 0 radical (unpaired) electrons. The Morgan fingerprint density at radius 2 is 1.81 bits per heavy atom. The van der Waals surface area contributed by atoms with Gasteiger partial charge in [0.15, 0.2) is 0 Å². The molecule has 0 bridgehead atoms. The van der Waals surface area contributed by atoms with Crippen molar-refractivity contribution in [3.05, 3.63) is 82.8 Å². The van der Waals surface area contributed by atoms with Crippen LogP contribution in [0.2, 0.25) is 0 Å². The zero-order valence-corrected chi connectivity index (χ0v) is 14.3. The number of nitrogens with zero attached hydrogens (tertiary/aromatic N) is 3. The molecular weight excluding hydrogens is 326 g/mol. The zero-order valence-electron chi connectivity index (χ0n) is 14.3. The Hall–Kier alpha value is -3.21. The summed E-state index contributed by atoms with van der Waals surface area (Å²) < 4.78 is 1.50. The number of hydrogen-bond donors (Lipinski definition) is 0. The van der Waals surface area contributed by atoms with E-state index in [1.807, 2.05) is 42.5 Å². The van der Waals surface area contributed by atoms with Gasteiger partial charge in [-0.1, -0.05) is 48.5 Å². The fraction of sp³-hybridized carbons (Fsp3) is 0.190. The van der Waals surface area contributed by atoms with Crippen LogP contribution in [0.25, 0.3) is 16.6 Å². The Labute approximate surface area is 151 Å². The van der Waals surface area contributed by atoms with Gasteiger partial charge in [0.05, 0.1) is 17.2 Å². The van der Waals surface area contributed by atoms with Crippen LogP contribution in [0.4, 0.5) is 0 Å². The summed E-state index contributed by atoms with van der Waals surface area (Å²) in [5.74, 6) is -0.0492. The molecule has 0 atom stereocenters. The molecule has 0 unspecified atom stereocenters. The normalized spacial score (nSPS) is 14.3. The van der Waals surface area contributed by atoms with Crippen molar-refractivity contribution in [3.63, 3.8) is 0 Å². The van der Waals surface area contributed by atoms with E-state index in [-0.39, 0.29) is 18.0 Å². The summed E-state index contributed by atoms with van der Waals surface area (Å²) >= 11 is 0. The lowest BCUT2D eigenvalue weighted by Gasteiger charge is -2.27. The molecule has 0 N–H and O–H groups in total. The predicted molar refractivity (Wildman–Crippen MR) is 102 cm³/mol. The molecule has 2 aromatic carbocycles. The van der Waals surface area contributed by atoms with Crippen LogP contribution in [0, 0.1) is 0 Å². The Kier molecular flexibility index (Phi) is 4.35. The third kappa shape index (κ3) is 3.16. The topological polar surface area (TPSA) is 55.2 Å². The molecule has 1 aromatic heterocycles. The molecule has 2 heterocycles. The summed E-state index contributed by atoms with van der Waals surface area (Å²) in [5, 5.41) is 0. The van der Waals surface area contributed by atoms with Crippen molar-refractivity contribution < 1.29 is 4.79 Å². The molecule has 0 aliphatic carbocycles. The van der Waals surface area contributed by atoms with E-state index in [4.69, 9.17) is 0 Å². The molecule has 0 saturated carbocycles. The second-order valence-electron chi connectivity index (χ2n) is 6.36. The monoisotopic (exact) mass is 345 g/mol. The minimum atomic E-state index is -0.255. The van der Waals surface area contributed by atoms with Gasteiger partial charge in [0.2, 0.25) is 5.91 Å². The highest BCUT2D eigenvalue weighted by molar-refractivity contribution is 5.81. The zero-order chi connectivity index (χ0) is 17.9. The number of benzene rings is 2. The average molecular weight is 345 g/mol. The van der Waals surface area contributed by atoms with Crippen molar-refractivity contribution in [2.75, 3.05) is 13.1 Å². The van der Waals surface area contributed by atoms with Gasteiger partial charge in [-0.3, -0.25) is 14.2 Å². The van der Waals surface area contributed by atoms with Crippen LogP contribution in [-0.2, 0) is 11.3 Å². The summed E-state index contributed by atoms with van der Waals surface area (Å²) in [6.45, 7) is 1.27. The van der Waals surface area contributed by atoms with Crippen molar-refractivity contribution >= 4 is 22.5 Å². The second kappa shape index (κ2) is 6.96. The van der Waals surface area contributed by atoms with Gasteiger partial charge in [0.1, 0.15) is 6.54 Å². The quantitative estimate of drug-likeness (QED) is 0.733. The SMILES string of the molecule is O=C(Cn1c(=O)cnc2ccccc21)N1CC=C(c2ccccc2)CC1. The largest absolute Gasteiger partial charge is 0.337 e. The summed E-state index contributed by atoms with van der Waals surface area (Å²) in [5.41, 5.74) is 3.61. The highest BCUT2D eigenvalue weighted by Crippen LogP contribution is 2.22. The van der Waals surface area contributed by atoms with E-state index in [1.165, 1.54) is 21.9 Å². The van der Waals surface area contributed by atoms with Crippen LogP contribution >= 0.6 is 0 Å². The third-order valence-corrected chi connectivity index (χ3v) is 4.75. The molecule has 0 spiro atoms. The fourth-order valence-electron chi connectivity index (χ4n) is 3.32. The summed E-state index contributed by atoms with van der Waals surface area (Å²) in [6, 6.07) is 17.6. The number of carbonyl (C=O) groups excluding carboxylic acids is 1. The van der Waals surface area contributed by atoms with E-state index in [0.29, 0.717) is 24.1 Å². The number of para-hydroxylation sites is 2. The molecule has 5 nitrogen and oxygen atoms in total. The average Bonchev–Trinajstić information content (AvgIpc) is 2.71. The van der Waals surface area contributed by atoms with Crippen LogP contribution in [0.3, 0.4) is 0 Å². The van der Waals surface area contributed by atoms with Crippen molar-refractivity contribution in [2.24, 2.45) is 0 Å². The van der Waals surface area contributed by atoms with Gasteiger partial charge in [0.25, 0.3) is 5.56 Å². The summed E-state index contributed by atoms with van der Waals surface area (Å²) in [4.78, 5) is 30.9. The van der Waals surface area contributed by atoms with E-state index in [9.17, 15) is 9.59 Å². The Balaban J connectivity index is 1.53. The minimum absolute atomic E-state index is 0.0381. The molecule has 0 saturated heterocycles. The summed E-state index contributed by atoms with van der Waals surface area (Å²) in [7, 11) is 0. The fourth-order valence-corrected chi connectivity index (χ4v) is 3.32. The van der Waals surface area contributed by atoms with Gasteiger partial charge < -0.3 is 4.90 Å². The van der Waals surface area contributed by atoms with Crippen molar-refractivity contribution in [1.29, 1.82) is 0 Å². The molecule has 4 rings (SSSR count). The smallest absolute Gasteiger partial charge is 0.269 e. The number of aromatic nitrogens is 2. The van der Waals surface area contributed by atoms with Gasteiger partial charge >= 0.3 is 0 Å². The van der Waals surface area contributed by atoms with Gasteiger partial charge in [-0.25, -0.2) is 4.98 Å². The maximum Gasteiger partial charge on any atom is 0.269 e. The number of hydrogen-bond acceptors (Lipinski definition) is 3. The molecular formula is C21H19N3O2. The van der Waals surface area contributed by atoms with E-state index in [1.54, 1.807) is 4.90 Å². The first-order chi connectivity index (χ1) is 12.7. The standard InChI is InChI=1S/C21H19N3O2/c25-20-14-22-18-8-4-5-9-19(18)24(20)15-21(26)23-12-10-17(11-13-23)16-6-2-1-3-7-16/h1-10,14H,11-13,15H2. The van der Waals surface area contributed by atoms with Gasteiger partial charge in [-0.15, -0.1) is 0 Å².